The van der Waals surface area contributed by atoms with Gasteiger partial charge in [-0.1, -0.05) is 117 Å². The van der Waals surface area contributed by atoms with Crippen molar-refractivity contribution >= 4 is 31.9 Å². The Balaban J connectivity index is 0.000000227. The first-order valence-electron chi connectivity index (χ1n) is 11.6. The average Bonchev–Trinajstić information content (AvgIpc) is 3.45. The molecule has 180 valence electrons. The number of benzene rings is 2. The van der Waals surface area contributed by atoms with Crippen molar-refractivity contribution in [3.8, 4) is 0 Å². The molecule has 6 unspecified atom stereocenters. The predicted molar refractivity (Wildman–Crippen MR) is 142 cm³/mol. The minimum Gasteiger partial charge on any atom is -1.00 e. The van der Waals surface area contributed by atoms with E-state index in [-0.39, 0.29) is 51.0 Å². The fraction of sp³-hybridized carbons (Fsp3) is 0.267. The number of allylic oxidation sites excluding steroid dienone is 8. The van der Waals surface area contributed by atoms with Crippen molar-refractivity contribution in [1.29, 1.82) is 0 Å². The number of fused-ring (bicyclic) bond motifs is 2. The Bertz CT molecular complexity index is 918. The molecule has 4 aliphatic carbocycles. The van der Waals surface area contributed by atoms with Crippen molar-refractivity contribution in [3.05, 3.63) is 130 Å². The smallest absolute Gasteiger partial charge is 1.00 e. The van der Waals surface area contributed by atoms with Gasteiger partial charge in [-0.3, -0.25) is 0 Å². The van der Waals surface area contributed by atoms with Gasteiger partial charge in [0.25, 0.3) is 0 Å². The van der Waals surface area contributed by atoms with Crippen molar-refractivity contribution in [2.75, 3.05) is 0 Å². The Kier molecular flexibility index (Phi) is 13.0. The first-order valence-corrected chi connectivity index (χ1v) is 13.2. The normalized spacial score (nSPS) is 29.0. The molecule has 0 saturated heterocycles. The fourth-order valence-electron chi connectivity index (χ4n) is 5.42. The van der Waals surface area contributed by atoms with Crippen LogP contribution in [0.15, 0.2) is 106 Å². The Morgan fingerprint density at radius 3 is 1.23 bits per heavy atom. The summed E-state index contributed by atoms with van der Waals surface area (Å²) in [6.45, 7) is 0. The molecule has 0 spiro atoms. The third kappa shape index (κ3) is 7.91. The second-order valence-corrected chi connectivity index (χ2v) is 11.0. The molecule has 35 heavy (non-hydrogen) atoms. The molecule has 5 heteroatoms. The molecule has 0 nitrogen and oxygen atoms in total. The van der Waals surface area contributed by atoms with Gasteiger partial charge >= 0.3 is 26.2 Å². The minimum absolute atomic E-state index is 0. The van der Waals surface area contributed by atoms with Crippen LogP contribution < -0.4 is 24.8 Å². The molecule has 0 bridgehead atoms. The fourth-order valence-corrected chi connectivity index (χ4v) is 5.95. The number of hydrogen-bond acceptors (Lipinski definition) is 0. The van der Waals surface area contributed by atoms with Gasteiger partial charge in [-0.25, -0.2) is 0 Å². The molecule has 4 aliphatic rings. The van der Waals surface area contributed by atoms with E-state index in [9.17, 15) is 0 Å². The molecule has 0 amide bonds. The Labute approximate surface area is 259 Å². The van der Waals surface area contributed by atoms with Crippen molar-refractivity contribution in [3.63, 3.8) is 0 Å². The zero-order chi connectivity index (χ0) is 21.9. The quantitative estimate of drug-likeness (QED) is 0.421. The summed E-state index contributed by atoms with van der Waals surface area (Å²) in [5, 5.41) is 0. The van der Waals surface area contributed by atoms with E-state index in [1.54, 1.807) is 0 Å². The Morgan fingerprint density at radius 2 is 0.886 bits per heavy atom. The van der Waals surface area contributed by atoms with Gasteiger partial charge in [0.2, 0.25) is 0 Å². The van der Waals surface area contributed by atoms with Gasteiger partial charge in [0, 0.05) is 8.95 Å². The Morgan fingerprint density at radius 1 is 0.543 bits per heavy atom. The number of halogens is 4. The van der Waals surface area contributed by atoms with Gasteiger partial charge in [-0.15, -0.1) is 35.8 Å². The number of hydrogen-bond donors (Lipinski definition) is 0. The van der Waals surface area contributed by atoms with Crippen LogP contribution in [-0.2, 0) is 26.2 Å². The monoisotopic (exact) mass is 706 g/mol. The minimum atomic E-state index is 0. The largest absolute Gasteiger partial charge is 4.00 e. The van der Waals surface area contributed by atoms with Crippen LogP contribution in [0.2, 0.25) is 0 Å². The second kappa shape index (κ2) is 14.7. The third-order valence-corrected chi connectivity index (χ3v) is 8.21. The van der Waals surface area contributed by atoms with Gasteiger partial charge < -0.3 is 37.7 Å². The first kappa shape index (κ1) is 31.0. The van der Waals surface area contributed by atoms with Gasteiger partial charge in [-0.2, -0.15) is 0 Å². The van der Waals surface area contributed by atoms with Crippen molar-refractivity contribution in [1.82, 2.24) is 0 Å². The van der Waals surface area contributed by atoms with E-state index in [0.717, 1.165) is 20.8 Å². The molecule has 2 aromatic rings. The van der Waals surface area contributed by atoms with Crippen molar-refractivity contribution < 1.29 is 51.0 Å². The SMILES string of the molecule is Brc1ccc(C2[CH-]C3C=CC=CC3C2)cc1.Brc1ccc(C2[CH-]C3C=CC=CC3C2)cc1.[Cl-].[Cl-].[Zr+4]. The predicted octanol–water partition coefficient (Wildman–Crippen LogP) is 3.00. The maximum absolute atomic E-state index is 3.48. The van der Waals surface area contributed by atoms with Crippen LogP contribution >= 0.6 is 31.9 Å². The molecule has 0 radical (unpaired) electrons. The summed E-state index contributed by atoms with van der Waals surface area (Å²) in [7, 11) is 0. The third-order valence-electron chi connectivity index (χ3n) is 7.15. The van der Waals surface area contributed by atoms with Crippen LogP contribution in [0.25, 0.3) is 0 Å². The summed E-state index contributed by atoms with van der Waals surface area (Å²) in [6.07, 6.45) is 25.5. The number of rotatable bonds is 2. The van der Waals surface area contributed by atoms with Crippen LogP contribution in [0.5, 0.6) is 0 Å². The molecule has 0 aliphatic heterocycles. The molecule has 2 saturated carbocycles. The van der Waals surface area contributed by atoms with Crippen LogP contribution in [0, 0.1) is 36.5 Å². The summed E-state index contributed by atoms with van der Waals surface area (Å²) in [4.78, 5) is 0. The van der Waals surface area contributed by atoms with Gasteiger partial charge in [0.1, 0.15) is 0 Å². The van der Waals surface area contributed by atoms with Crippen LogP contribution in [0.1, 0.15) is 35.8 Å². The van der Waals surface area contributed by atoms with Crippen LogP contribution in [0.4, 0.5) is 0 Å². The van der Waals surface area contributed by atoms with E-state index in [2.05, 4.69) is 142 Å². The van der Waals surface area contributed by atoms with E-state index < -0.39 is 0 Å². The van der Waals surface area contributed by atoms with Crippen LogP contribution in [0.3, 0.4) is 0 Å². The standard InChI is InChI=1S/2C15H14Br.2ClH.Zr/c2*16-15-7-5-11(6-8-15)14-9-12-3-1-2-4-13(12)10-14;;;/h2*1-9,12-14H,10H2;2*1H;/q2*-1;;;+4/p-2. The molecule has 6 atom stereocenters. The second-order valence-electron chi connectivity index (χ2n) is 9.19. The van der Waals surface area contributed by atoms with E-state index in [1.807, 2.05) is 0 Å². The molecule has 0 aromatic heterocycles. The maximum Gasteiger partial charge on any atom is 4.00 e. The summed E-state index contributed by atoms with van der Waals surface area (Å²) in [6, 6.07) is 17.5. The average molecular weight is 710 g/mol. The molecular formula is C30H28Br2Cl2Zr. The molecular weight excluding hydrogens is 682 g/mol. The topological polar surface area (TPSA) is 0 Å². The molecule has 2 fully saturated rings. The van der Waals surface area contributed by atoms with E-state index >= 15 is 0 Å². The van der Waals surface area contributed by atoms with Crippen LogP contribution in [-0.4, -0.2) is 0 Å². The van der Waals surface area contributed by atoms with Gasteiger partial charge in [0.15, 0.2) is 0 Å². The molecule has 6 rings (SSSR count). The van der Waals surface area contributed by atoms with Gasteiger partial charge in [0.05, 0.1) is 0 Å². The summed E-state index contributed by atoms with van der Waals surface area (Å²) >= 11 is 6.97. The maximum atomic E-state index is 3.48. The van der Waals surface area contributed by atoms with Crippen molar-refractivity contribution in [2.24, 2.45) is 23.7 Å². The first-order chi connectivity index (χ1) is 15.7. The zero-order valence-electron chi connectivity index (χ0n) is 19.3. The molecule has 2 aromatic carbocycles. The van der Waals surface area contributed by atoms with E-state index in [0.29, 0.717) is 23.7 Å². The summed E-state index contributed by atoms with van der Waals surface area (Å²) in [5.74, 6) is 3.99. The van der Waals surface area contributed by atoms with Crippen molar-refractivity contribution in [2.45, 2.75) is 24.7 Å². The summed E-state index contributed by atoms with van der Waals surface area (Å²) in [5.41, 5.74) is 2.89. The van der Waals surface area contributed by atoms with Gasteiger partial charge in [-0.05, 0) is 36.1 Å². The zero-order valence-corrected chi connectivity index (χ0v) is 26.4. The molecule has 0 heterocycles. The Hall–Kier alpha value is -0.177. The van der Waals surface area contributed by atoms with E-state index in [4.69, 9.17) is 0 Å². The summed E-state index contributed by atoms with van der Waals surface area (Å²) < 4.78 is 2.32. The van der Waals surface area contributed by atoms with E-state index in [1.165, 1.54) is 24.0 Å². The molecule has 0 N–H and O–H groups in total.